The van der Waals surface area contributed by atoms with Gasteiger partial charge in [0.2, 0.25) is 0 Å². The predicted molar refractivity (Wildman–Crippen MR) is 140 cm³/mol. The molecule has 0 radical (unpaired) electrons. The Kier molecular flexibility index (Phi) is 9.99. The van der Waals surface area contributed by atoms with Crippen LogP contribution < -0.4 is 0 Å². The van der Waals surface area contributed by atoms with E-state index in [1.807, 2.05) is 0 Å². The van der Waals surface area contributed by atoms with Crippen molar-refractivity contribution in [2.24, 2.45) is 40.9 Å². The van der Waals surface area contributed by atoms with Gasteiger partial charge in [0.05, 0.1) is 24.4 Å². The molecule has 0 aromatic carbocycles. The maximum atomic E-state index is 14.8. The van der Waals surface area contributed by atoms with Crippen LogP contribution in [0.4, 0.5) is 26.3 Å². The van der Waals surface area contributed by atoms with Gasteiger partial charge in [-0.2, -0.15) is 26.3 Å². The van der Waals surface area contributed by atoms with Crippen molar-refractivity contribution in [3.05, 3.63) is 0 Å². The molecule has 8 heteroatoms. The van der Waals surface area contributed by atoms with Gasteiger partial charge in [0.15, 0.2) is 5.41 Å². The zero-order valence-corrected chi connectivity index (χ0v) is 24.3. The molecule has 0 heterocycles. The van der Waals surface area contributed by atoms with Gasteiger partial charge >= 0.3 is 12.4 Å². The van der Waals surface area contributed by atoms with Crippen LogP contribution in [0.15, 0.2) is 0 Å². The van der Waals surface area contributed by atoms with Crippen LogP contribution in [-0.4, -0.2) is 36.8 Å². The minimum absolute atomic E-state index is 0.0679. The van der Waals surface area contributed by atoms with E-state index in [1.54, 1.807) is 0 Å². The molecule has 4 rings (SSSR count). The minimum Gasteiger partial charge on any atom is -0.375 e. The van der Waals surface area contributed by atoms with E-state index in [2.05, 4.69) is 27.7 Å². The summed E-state index contributed by atoms with van der Waals surface area (Å²) >= 11 is 0. The SMILES string of the molecule is CC1CCC(OC2CCC(C(C3CCC(OC4CCC(C)C(C)C4)CC3)(C(F)(F)F)C(F)(F)F)CC2)CC1C. The average Bonchev–Trinajstić information content (AvgIpc) is 2.84. The normalized spacial score (nSPS) is 41.4. The Bertz CT molecular complexity index is 702. The van der Waals surface area contributed by atoms with Crippen molar-refractivity contribution >= 4 is 0 Å². The van der Waals surface area contributed by atoms with Crippen molar-refractivity contribution in [3.63, 3.8) is 0 Å². The van der Waals surface area contributed by atoms with E-state index < -0.39 is 29.6 Å². The first-order valence-electron chi connectivity index (χ1n) is 15.7. The first kappa shape index (κ1) is 31.4. The van der Waals surface area contributed by atoms with E-state index in [0.717, 1.165) is 38.5 Å². The van der Waals surface area contributed by atoms with E-state index in [0.29, 0.717) is 23.7 Å². The van der Waals surface area contributed by atoms with Crippen LogP contribution in [0.2, 0.25) is 0 Å². The van der Waals surface area contributed by atoms with Crippen molar-refractivity contribution in [2.45, 2.75) is 154 Å². The molecule has 4 aliphatic rings. The molecule has 0 aromatic heterocycles. The Morgan fingerprint density at radius 3 is 1.00 bits per heavy atom. The van der Waals surface area contributed by atoms with Crippen molar-refractivity contribution in [2.75, 3.05) is 0 Å². The van der Waals surface area contributed by atoms with E-state index in [4.69, 9.17) is 9.47 Å². The van der Waals surface area contributed by atoms with Gasteiger partial charge in [-0.25, -0.2) is 0 Å². The molecule has 0 saturated heterocycles. The number of hydrogen-bond acceptors (Lipinski definition) is 2. The van der Waals surface area contributed by atoms with Crippen LogP contribution in [0.1, 0.15) is 118 Å². The number of halogens is 6. The van der Waals surface area contributed by atoms with Crippen LogP contribution in [0.5, 0.6) is 0 Å². The fraction of sp³-hybridized carbons (Fsp3) is 1.00. The third-order valence-electron chi connectivity index (χ3n) is 11.4. The van der Waals surface area contributed by atoms with E-state index in [1.165, 1.54) is 0 Å². The maximum absolute atomic E-state index is 14.8. The summed E-state index contributed by atoms with van der Waals surface area (Å²) in [5.41, 5.74) is -3.65. The summed E-state index contributed by atoms with van der Waals surface area (Å²) in [5, 5.41) is 0. The van der Waals surface area contributed by atoms with Gasteiger partial charge in [-0.15, -0.1) is 0 Å². The molecule has 228 valence electrons. The van der Waals surface area contributed by atoms with Crippen LogP contribution in [0, 0.1) is 40.9 Å². The lowest BCUT2D eigenvalue weighted by molar-refractivity contribution is -0.383. The monoisotopic (exact) mass is 568 g/mol. The molecular weight excluding hydrogens is 518 g/mol. The highest BCUT2D eigenvalue weighted by Gasteiger charge is 2.76. The van der Waals surface area contributed by atoms with Crippen LogP contribution in [0.25, 0.3) is 0 Å². The van der Waals surface area contributed by atoms with Crippen LogP contribution >= 0.6 is 0 Å². The summed E-state index contributed by atoms with van der Waals surface area (Å²) in [6.45, 7) is 8.81. The topological polar surface area (TPSA) is 18.5 Å². The summed E-state index contributed by atoms with van der Waals surface area (Å²) in [4.78, 5) is 0. The quantitative estimate of drug-likeness (QED) is 0.297. The summed E-state index contributed by atoms with van der Waals surface area (Å²) in [7, 11) is 0. The molecule has 4 fully saturated rings. The van der Waals surface area contributed by atoms with Gasteiger partial charge in [-0.1, -0.05) is 27.7 Å². The first-order valence-corrected chi connectivity index (χ1v) is 15.7. The standard InChI is InChI=1S/C31H50F6O2/c1-19-5-11-27(17-21(19)3)38-25-13-7-23(8-14-25)29(30(32,33)34,31(35,36)37)24-9-15-26(16-10-24)39-28-12-6-20(2)22(4)18-28/h19-28H,5-18H2,1-4H3. The van der Waals surface area contributed by atoms with Gasteiger partial charge in [-0.3, -0.25) is 0 Å². The highest BCUT2D eigenvalue weighted by atomic mass is 19.4. The molecule has 0 N–H and O–H groups in total. The lowest BCUT2D eigenvalue weighted by atomic mass is 9.57. The fourth-order valence-electron chi connectivity index (χ4n) is 8.52. The second kappa shape index (κ2) is 12.4. The van der Waals surface area contributed by atoms with E-state index in [-0.39, 0.29) is 75.8 Å². The van der Waals surface area contributed by atoms with Gasteiger partial charge in [0, 0.05) is 0 Å². The maximum Gasteiger partial charge on any atom is 0.403 e. The molecular formula is C31H50F6O2. The fourth-order valence-corrected chi connectivity index (χ4v) is 8.52. The average molecular weight is 569 g/mol. The Hall–Kier alpha value is -0.500. The second-order valence-corrected chi connectivity index (χ2v) is 13.9. The predicted octanol–water partition coefficient (Wildman–Crippen LogP) is 9.90. The molecule has 6 unspecified atom stereocenters. The zero-order valence-electron chi connectivity index (χ0n) is 24.3. The summed E-state index contributed by atoms with van der Waals surface area (Å²) in [6, 6.07) is 0. The molecule has 0 aromatic rings. The smallest absolute Gasteiger partial charge is 0.375 e. The molecule has 39 heavy (non-hydrogen) atoms. The highest BCUT2D eigenvalue weighted by molar-refractivity contribution is 5.05. The third kappa shape index (κ3) is 6.78. The number of rotatable bonds is 6. The van der Waals surface area contributed by atoms with Gasteiger partial charge in [0.1, 0.15) is 0 Å². The summed E-state index contributed by atoms with van der Waals surface area (Å²) in [5.74, 6) is -0.623. The van der Waals surface area contributed by atoms with Crippen molar-refractivity contribution < 1.29 is 35.8 Å². The van der Waals surface area contributed by atoms with E-state index >= 15 is 0 Å². The Morgan fingerprint density at radius 2 is 0.718 bits per heavy atom. The largest absolute Gasteiger partial charge is 0.403 e. The van der Waals surface area contributed by atoms with Crippen molar-refractivity contribution in [1.29, 1.82) is 0 Å². The van der Waals surface area contributed by atoms with Gasteiger partial charge in [0.25, 0.3) is 0 Å². The Morgan fingerprint density at radius 1 is 0.410 bits per heavy atom. The lowest BCUT2D eigenvalue weighted by Crippen LogP contribution is -2.61. The molecule has 0 amide bonds. The molecule has 0 bridgehead atoms. The van der Waals surface area contributed by atoms with E-state index in [9.17, 15) is 26.3 Å². The van der Waals surface area contributed by atoms with Crippen LogP contribution in [0.3, 0.4) is 0 Å². The third-order valence-corrected chi connectivity index (χ3v) is 11.4. The molecule has 4 saturated carbocycles. The van der Waals surface area contributed by atoms with Gasteiger partial charge < -0.3 is 9.47 Å². The number of hydrogen-bond donors (Lipinski definition) is 0. The second-order valence-electron chi connectivity index (χ2n) is 13.9. The molecule has 2 nitrogen and oxygen atoms in total. The Labute approximate surface area is 231 Å². The molecule has 0 aliphatic heterocycles. The summed E-state index contributed by atoms with van der Waals surface area (Å²) < 4.78 is 101. The molecule has 0 spiro atoms. The first-order chi connectivity index (χ1) is 18.2. The molecule has 6 atom stereocenters. The number of alkyl halides is 6. The van der Waals surface area contributed by atoms with Crippen LogP contribution in [-0.2, 0) is 9.47 Å². The van der Waals surface area contributed by atoms with Crippen molar-refractivity contribution in [1.82, 2.24) is 0 Å². The van der Waals surface area contributed by atoms with Crippen molar-refractivity contribution in [3.8, 4) is 0 Å². The molecule has 4 aliphatic carbocycles. The Balaban J connectivity index is 1.40. The zero-order chi connectivity index (χ0) is 28.6. The highest BCUT2D eigenvalue weighted by Crippen LogP contribution is 2.65. The minimum atomic E-state index is -5.34. The van der Waals surface area contributed by atoms with Gasteiger partial charge in [-0.05, 0) is 125 Å². The number of ether oxygens (including phenoxy) is 2. The summed E-state index contributed by atoms with van der Waals surface area (Å²) in [6.07, 6.45) is -4.50. The lowest BCUT2D eigenvalue weighted by Gasteiger charge is -2.51.